The monoisotopic (exact) mass is 439 g/mol. The summed E-state index contributed by atoms with van der Waals surface area (Å²) in [5.41, 5.74) is 0.734. The Morgan fingerprint density at radius 1 is 1.06 bits per heavy atom. The van der Waals surface area contributed by atoms with Crippen LogP contribution in [0.4, 0.5) is 5.69 Å². The molecule has 0 spiro atoms. The molecule has 2 atom stereocenters. The lowest BCUT2D eigenvalue weighted by atomic mass is 9.94. The summed E-state index contributed by atoms with van der Waals surface area (Å²) in [6.07, 6.45) is 5.97. The van der Waals surface area contributed by atoms with E-state index in [-0.39, 0.29) is 10.5 Å². The van der Waals surface area contributed by atoms with Gasteiger partial charge in [0, 0.05) is 37.2 Å². The zero-order chi connectivity index (χ0) is 22.0. The average Bonchev–Trinajstić information content (AvgIpc) is 3.28. The molecule has 31 heavy (non-hydrogen) atoms. The van der Waals surface area contributed by atoms with Crippen LogP contribution in [-0.4, -0.2) is 46.5 Å². The van der Waals surface area contributed by atoms with Gasteiger partial charge in [-0.25, -0.2) is 18.1 Å². The van der Waals surface area contributed by atoms with Crippen LogP contribution in [0.1, 0.15) is 30.6 Å². The predicted octanol–water partition coefficient (Wildman–Crippen LogP) is 3.19. The first kappa shape index (κ1) is 21.2. The van der Waals surface area contributed by atoms with E-state index in [0.29, 0.717) is 36.4 Å². The molecule has 1 fully saturated rings. The number of nitrogens with zero attached hydrogens (tertiary/aromatic N) is 4. The highest BCUT2D eigenvalue weighted by Gasteiger charge is 2.32. The number of anilines is 1. The van der Waals surface area contributed by atoms with E-state index in [9.17, 15) is 13.2 Å². The zero-order valence-corrected chi connectivity index (χ0v) is 18.3. The van der Waals surface area contributed by atoms with Gasteiger partial charge in [-0.3, -0.25) is 4.79 Å². The summed E-state index contributed by atoms with van der Waals surface area (Å²) in [6.45, 7) is 5.11. The fourth-order valence-corrected chi connectivity index (χ4v) is 5.74. The van der Waals surface area contributed by atoms with Crippen LogP contribution in [0.2, 0.25) is 0 Å². The molecule has 1 saturated heterocycles. The maximum Gasteiger partial charge on any atom is 0.255 e. The summed E-state index contributed by atoms with van der Waals surface area (Å²) in [4.78, 5) is 17.3. The van der Waals surface area contributed by atoms with Crippen molar-refractivity contribution >= 4 is 21.6 Å². The van der Waals surface area contributed by atoms with Crippen molar-refractivity contribution < 1.29 is 13.2 Å². The largest absolute Gasteiger partial charge is 0.319 e. The first-order valence-corrected chi connectivity index (χ1v) is 11.6. The van der Waals surface area contributed by atoms with E-state index in [1.807, 2.05) is 0 Å². The number of hydrogen-bond acceptors (Lipinski definition) is 5. The molecule has 2 aromatic heterocycles. The minimum absolute atomic E-state index is 0.125. The van der Waals surface area contributed by atoms with Gasteiger partial charge in [0.1, 0.15) is 0 Å². The van der Waals surface area contributed by atoms with Crippen molar-refractivity contribution in [3.05, 3.63) is 66.6 Å². The molecular formula is C22H25N5O3S. The van der Waals surface area contributed by atoms with E-state index < -0.39 is 15.9 Å². The average molecular weight is 440 g/mol. The van der Waals surface area contributed by atoms with E-state index in [0.717, 1.165) is 6.42 Å². The van der Waals surface area contributed by atoms with Gasteiger partial charge in [-0.1, -0.05) is 19.9 Å². The number of pyridine rings is 1. The molecule has 1 aromatic carbocycles. The molecule has 0 aliphatic carbocycles. The van der Waals surface area contributed by atoms with Crippen molar-refractivity contribution in [1.29, 1.82) is 0 Å². The summed E-state index contributed by atoms with van der Waals surface area (Å²) in [7, 11) is -3.67. The molecule has 0 saturated carbocycles. The van der Waals surface area contributed by atoms with Gasteiger partial charge in [0.2, 0.25) is 10.0 Å². The topological polar surface area (TPSA) is 97.2 Å². The Labute approximate surface area is 182 Å². The van der Waals surface area contributed by atoms with Crippen LogP contribution in [0.25, 0.3) is 5.82 Å². The van der Waals surface area contributed by atoms with Crippen LogP contribution >= 0.6 is 0 Å². The van der Waals surface area contributed by atoms with Crippen molar-refractivity contribution in [3.8, 4) is 5.82 Å². The van der Waals surface area contributed by atoms with Crippen LogP contribution < -0.4 is 5.32 Å². The van der Waals surface area contributed by atoms with E-state index >= 15 is 0 Å². The van der Waals surface area contributed by atoms with E-state index in [1.165, 1.54) is 16.4 Å². The lowest BCUT2D eigenvalue weighted by Gasteiger charge is -2.34. The van der Waals surface area contributed by atoms with Gasteiger partial charge in [0.25, 0.3) is 5.91 Å². The molecule has 1 N–H and O–H groups in total. The molecule has 4 rings (SSSR count). The van der Waals surface area contributed by atoms with Crippen molar-refractivity contribution in [2.24, 2.45) is 11.8 Å². The maximum absolute atomic E-state index is 13.2. The number of carbonyl (C=O) groups is 1. The number of benzene rings is 1. The Kier molecular flexibility index (Phi) is 5.88. The van der Waals surface area contributed by atoms with Gasteiger partial charge in [0.05, 0.1) is 10.6 Å². The van der Waals surface area contributed by atoms with Gasteiger partial charge in [-0.15, -0.1) is 0 Å². The third-order valence-electron chi connectivity index (χ3n) is 5.33. The molecule has 2 unspecified atom stereocenters. The third kappa shape index (κ3) is 4.52. The minimum atomic E-state index is -3.67. The van der Waals surface area contributed by atoms with Gasteiger partial charge in [0.15, 0.2) is 5.82 Å². The summed E-state index contributed by atoms with van der Waals surface area (Å²) < 4.78 is 29.5. The Morgan fingerprint density at radius 2 is 1.84 bits per heavy atom. The first-order valence-electron chi connectivity index (χ1n) is 10.2. The smallest absolute Gasteiger partial charge is 0.255 e. The van der Waals surface area contributed by atoms with Crippen LogP contribution in [0.5, 0.6) is 0 Å². The quantitative estimate of drug-likeness (QED) is 0.659. The van der Waals surface area contributed by atoms with Crippen molar-refractivity contribution in [2.45, 2.75) is 25.2 Å². The molecule has 9 heteroatoms. The number of rotatable bonds is 5. The lowest BCUT2D eigenvalue weighted by molar-refractivity contribution is 0.102. The van der Waals surface area contributed by atoms with Gasteiger partial charge in [-0.2, -0.15) is 9.40 Å². The van der Waals surface area contributed by atoms with Gasteiger partial charge >= 0.3 is 0 Å². The molecule has 162 valence electrons. The number of amides is 1. The van der Waals surface area contributed by atoms with Crippen LogP contribution in [0, 0.1) is 11.8 Å². The number of carbonyl (C=O) groups excluding carboxylic acids is 1. The molecule has 3 heterocycles. The number of piperidine rings is 1. The molecule has 3 aromatic rings. The maximum atomic E-state index is 13.2. The number of nitrogens with one attached hydrogen (secondary N) is 1. The highest BCUT2D eigenvalue weighted by Crippen LogP contribution is 2.27. The van der Waals surface area contributed by atoms with E-state index in [1.54, 1.807) is 53.6 Å². The standard InChI is InChI=1S/C22H25N5O3S/c1-16-12-17(2)15-26(14-16)31(29,30)19-7-3-6-18(13-19)22(28)25-20-8-4-9-23-21(20)27-11-5-10-24-27/h3-11,13,16-17H,12,14-15H2,1-2H3,(H,25,28). The molecular weight excluding hydrogens is 414 g/mol. The Bertz CT molecular complexity index is 1170. The second-order valence-corrected chi connectivity index (χ2v) is 10.0. The zero-order valence-electron chi connectivity index (χ0n) is 17.5. The first-order chi connectivity index (χ1) is 14.8. The predicted molar refractivity (Wildman–Crippen MR) is 117 cm³/mol. The minimum Gasteiger partial charge on any atom is -0.319 e. The molecule has 1 amide bonds. The van der Waals surface area contributed by atoms with Crippen LogP contribution in [0.15, 0.2) is 66.0 Å². The molecule has 0 radical (unpaired) electrons. The SMILES string of the molecule is CC1CC(C)CN(S(=O)(=O)c2cccc(C(=O)Nc3cccnc3-n3cccn3)c2)C1. The number of sulfonamides is 1. The number of aromatic nitrogens is 3. The van der Waals surface area contributed by atoms with E-state index in [2.05, 4.69) is 29.2 Å². The van der Waals surface area contributed by atoms with Gasteiger partial charge < -0.3 is 5.32 Å². The fraction of sp³-hybridized carbons (Fsp3) is 0.318. The van der Waals surface area contributed by atoms with Gasteiger partial charge in [-0.05, 0) is 54.7 Å². The Morgan fingerprint density at radius 3 is 2.55 bits per heavy atom. The highest BCUT2D eigenvalue weighted by atomic mass is 32.2. The second kappa shape index (κ2) is 8.60. The summed E-state index contributed by atoms with van der Waals surface area (Å²) in [6, 6.07) is 11.3. The highest BCUT2D eigenvalue weighted by molar-refractivity contribution is 7.89. The molecule has 1 aliphatic heterocycles. The second-order valence-electron chi connectivity index (χ2n) is 8.08. The summed E-state index contributed by atoms with van der Waals surface area (Å²) in [5.74, 6) is 0.660. The fourth-order valence-electron chi connectivity index (χ4n) is 4.01. The van der Waals surface area contributed by atoms with Crippen molar-refractivity contribution in [2.75, 3.05) is 18.4 Å². The summed E-state index contributed by atoms with van der Waals surface area (Å²) in [5, 5.41) is 6.97. The number of hydrogen-bond donors (Lipinski definition) is 1. The van der Waals surface area contributed by atoms with Crippen molar-refractivity contribution in [1.82, 2.24) is 19.1 Å². The third-order valence-corrected chi connectivity index (χ3v) is 7.15. The lowest BCUT2D eigenvalue weighted by Crippen LogP contribution is -2.42. The van der Waals surface area contributed by atoms with Crippen molar-refractivity contribution in [3.63, 3.8) is 0 Å². The van der Waals surface area contributed by atoms with Crippen LogP contribution in [-0.2, 0) is 10.0 Å². The molecule has 1 aliphatic rings. The normalized spacial score (nSPS) is 19.8. The molecule has 0 bridgehead atoms. The van der Waals surface area contributed by atoms with Crippen LogP contribution in [0.3, 0.4) is 0 Å². The summed E-state index contributed by atoms with van der Waals surface area (Å²) >= 11 is 0. The Hall–Kier alpha value is -3.04. The van der Waals surface area contributed by atoms with E-state index in [4.69, 9.17) is 0 Å². The molecule has 8 nitrogen and oxygen atoms in total. The Balaban J connectivity index is 1.59.